The summed E-state index contributed by atoms with van der Waals surface area (Å²) in [6.45, 7) is 0.886. The van der Waals surface area contributed by atoms with Gasteiger partial charge in [-0.15, -0.1) is 10.2 Å². The lowest BCUT2D eigenvalue weighted by molar-refractivity contribution is 0.0315. The van der Waals surface area contributed by atoms with E-state index in [1.54, 1.807) is 26.0 Å². The number of thioether (sulfide) groups is 1. The van der Waals surface area contributed by atoms with Gasteiger partial charge in [0.05, 0.1) is 20.3 Å². The maximum Gasteiger partial charge on any atom is 0.191 e. The Bertz CT molecular complexity index is 799. The zero-order valence-electron chi connectivity index (χ0n) is 17.4. The minimum atomic E-state index is 0.329. The molecule has 29 heavy (non-hydrogen) atoms. The van der Waals surface area contributed by atoms with Crippen LogP contribution in [0.5, 0.6) is 11.5 Å². The number of ether oxygens (including phenoxy) is 3. The highest BCUT2D eigenvalue weighted by Crippen LogP contribution is 2.38. The van der Waals surface area contributed by atoms with Gasteiger partial charge >= 0.3 is 0 Å². The molecule has 1 aromatic carbocycles. The van der Waals surface area contributed by atoms with Crippen molar-refractivity contribution in [3.63, 3.8) is 0 Å². The molecule has 1 aliphatic carbocycles. The number of rotatable bonds is 7. The van der Waals surface area contributed by atoms with E-state index in [-0.39, 0.29) is 0 Å². The molecule has 1 saturated carbocycles. The number of methoxy groups -OCH3 is 2. The van der Waals surface area contributed by atoms with Crippen LogP contribution in [0.3, 0.4) is 0 Å². The lowest BCUT2D eigenvalue weighted by Gasteiger charge is -2.26. The summed E-state index contributed by atoms with van der Waals surface area (Å²) in [6.07, 6.45) is 10.1. The van der Waals surface area contributed by atoms with E-state index < -0.39 is 0 Å². The maximum absolute atomic E-state index is 5.92. The quantitative estimate of drug-likeness (QED) is 0.582. The second-order valence-electron chi connectivity index (χ2n) is 7.84. The predicted molar refractivity (Wildman–Crippen MR) is 115 cm³/mol. The van der Waals surface area contributed by atoms with E-state index in [1.807, 2.05) is 18.2 Å². The molecular weight excluding hydrogens is 386 g/mol. The highest BCUT2D eigenvalue weighted by molar-refractivity contribution is 7.99. The predicted octanol–water partition coefficient (Wildman–Crippen LogP) is 5.13. The fraction of sp³-hybridized carbons (Fsp3) is 0.636. The van der Waals surface area contributed by atoms with Gasteiger partial charge in [-0.25, -0.2) is 0 Å². The highest BCUT2D eigenvalue weighted by Gasteiger charge is 2.25. The lowest BCUT2D eigenvalue weighted by Crippen LogP contribution is -2.22. The van der Waals surface area contributed by atoms with E-state index >= 15 is 0 Å². The van der Waals surface area contributed by atoms with Gasteiger partial charge in [0.25, 0.3) is 0 Å². The normalized spacial score (nSPS) is 20.6. The van der Waals surface area contributed by atoms with Gasteiger partial charge in [-0.3, -0.25) is 4.57 Å². The topological polar surface area (TPSA) is 58.4 Å². The summed E-state index contributed by atoms with van der Waals surface area (Å²) in [5, 5.41) is 10.2. The number of hydrogen-bond acceptors (Lipinski definition) is 6. The van der Waals surface area contributed by atoms with Gasteiger partial charge in [0.15, 0.2) is 22.5 Å². The Hall–Kier alpha value is -1.73. The third kappa shape index (κ3) is 4.72. The average Bonchev–Trinajstić information content (AvgIpc) is 3.22. The van der Waals surface area contributed by atoms with Crippen LogP contribution in [0.1, 0.15) is 57.4 Å². The van der Waals surface area contributed by atoms with Crippen molar-refractivity contribution in [2.24, 2.45) is 0 Å². The summed E-state index contributed by atoms with van der Waals surface area (Å²) in [4.78, 5) is 0. The van der Waals surface area contributed by atoms with Crippen LogP contribution in [0.25, 0.3) is 11.4 Å². The van der Waals surface area contributed by atoms with Crippen molar-refractivity contribution in [3.8, 4) is 22.9 Å². The molecule has 2 aromatic rings. The lowest BCUT2D eigenvalue weighted by atomic mass is 9.95. The van der Waals surface area contributed by atoms with Crippen LogP contribution in [0, 0.1) is 0 Å². The maximum atomic E-state index is 5.92. The fourth-order valence-corrected chi connectivity index (χ4v) is 5.39. The first kappa shape index (κ1) is 20.5. The second-order valence-corrected chi connectivity index (χ2v) is 8.82. The first-order valence-electron chi connectivity index (χ1n) is 10.7. The van der Waals surface area contributed by atoms with Crippen molar-refractivity contribution < 1.29 is 14.2 Å². The largest absolute Gasteiger partial charge is 0.493 e. The Labute approximate surface area is 177 Å². The van der Waals surface area contributed by atoms with Gasteiger partial charge in [-0.1, -0.05) is 31.0 Å². The molecule has 0 spiro atoms. The molecule has 2 heterocycles. The molecule has 7 heteroatoms. The number of benzene rings is 1. The van der Waals surface area contributed by atoms with Crippen molar-refractivity contribution in [3.05, 3.63) is 18.2 Å². The van der Waals surface area contributed by atoms with E-state index in [9.17, 15) is 0 Å². The zero-order valence-corrected chi connectivity index (χ0v) is 18.2. The van der Waals surface area contributed by atoms with Crippen LogP contribution in [0.15, 0.2) is 23.4 Å². The SMILES string of the molecule is COc1ccc(-c2nnc(SC[C@H]3CCCCO3)n2C2CCCCC2)cc1OC. The third-order valence-corrected chi connectivity index (χ3v) is 6.99. The summed E-state index contributed by atoms with van der Waals surface area (Å²) in [5.41, 5.74) is 1.02. The van der Waals surface area contributed by atoms with Gasteiger partial charge < -0.3 is 14.2 Å². The van der Waals surface area contributed by atoms with E-state index in [2.05, 4.69) is 14.8 Å². The molecule has 4 rings (SSSR count). The molecule has 0 radical (unpaired) electrons. The first-order valence-corrected chi connectivity index (χ1v) is 11.7. The van der Waals surface area contributed by atoms with Gasteiger partial charge in [0.2, 0.25) is 0 Å². The summed E-state index contributed by atoms with van der Waals surface area (Å²) < 4.78 is 19.2. The van der Waals surface area contributed by atoms with E-state index in [1.165, 1.54) is 44.9 Å². The summed E-state index contributed by atoms with van der Waals surface area (Å²) in [5.74, 6) is 3.30. The molecule has 1 aromatic heterocycles. The fourth-order valence-electron chi connectivity index (χ4n) is 4.32. The van der Waals surface area contributed by atoms with Crippen LogP contribution >= 0.6 is 11.8 Å². The van der Waals surface area contributed by atoms with Gasteiger partial charge in [0.1, 0.15) is 0 Å². The van der Waals surface area contributed by atoms with Gasteiger partial charge in [-0.2, -0.15) is 0 Å². The molecule has 0 unspecified atom stereocenters. The van der Waals surface area contributed by atoms with E-state index in [0.29, 0.717) is 17.9 Å². The minimum Gasteiger partial charge on any atom is -0.493 e. The Morgan fingerprint density at radius 2 is 1.79 bits per heavy atom. The van der Waals surface area contributed by atoms with Gasteiger partial charge in [0, 0.05) is 24.0 Å². The van der Waals surface area contributed by atoms with Crippen molar-refractivity contribution in [1.82, 2.24) is 14.8 Å². The molecule has 0 N–H and O–H groups in total. The number of hydrogen-bond donors (Lipinski definition) is 0. The zero-order chi connectivity index (χ0) is 20.1. The molecule has 2 aliphatic rings. The molecule has 158 valence electrons. The van der Waals surface area contributed by atoms with Crippen molar-refractivity contribution in [2.75, 3.05) is 26.6 Å². The first-order chi connectivity index (χ1) is 14.3. The van der Waals surface area contributed by atoms with Crippen LogP contribution in [-0.2, 0) is 4.74 Å². The van der Waals surface area contributed by atoms with Crippen LogP contribution in [0.2, 0.25) is 0 Å². The molecule has 1 saturated heterocycles. The molecule has 6 nitrogen and oxygen atoms in total. The molecule has 0 amide bonds. The summed E-state index contributed by atoms with van der Waals surface area (Å²) in [7, 11) is 3.32. The van der Waals surface area contributed by atoms with Crippen molar-refractivity contribution in [1.29, 1.82) is 0 Å². The van der Waals surface area contributed by atoms with Crippen LogP contribution in [0.4, 0.5) is 0 Å². The Kier molecular flexibility index (Phi) is 6.98. The van der Waals surface area contributed by atoms with E-state index in [0.717, 1.165) is 41.1 Å². The highest BCUT2D eigenvalue weighted by atomic mass is 32.2. The molecule has 1 atom stereocenters. The van der Waals surface area contributed by atoms with Crippen LogP contribution < -0.4 is 9.47 Å². The van der Waals surface area contributed by atoms with Crippen LogP contribution in [-0.4, -0.2) is 47.4 Å². The summed E-state index contributed by atoms with van der Waals surface area (Å²) in [6, 6.07) is 6.44. The van der Waals surface area contributed by atoms with E-state index in [4.69, 9.17) is 14.2 Å². The smallest absolute Gasteiger partial charge is 0.191 e. The monoisotopic (exact) mass is 417 g/mol. The number of aromatic nitrogens is 3. The molecule has 1 aliphatic heterocycles. The van der Waals surface area contributed by atoms with Gasteiger partial charge in [-0.05, 0) is 50.3 Å². The Morgan fingerprint density at radius 3 is 2.52 bits per heavy atom. The third-order valence-electron chi connectivity index (χ3n) is 5.92. The average molecular weight is 418 g/mol. The molecule has 0 bridgehead atoms. The number of nitrogens with zero attached hydrogens (tertiary/aromatic N) is 3. The molecule has 2 fully saturated rings. The molecular formula is C22H31N3O3S. The minimum absolute atomic E-state index is 0.329. The Morgan fingerprint density at radius 1 is 1.00 bits per heavy atom. The van der Waals surface area contributed by atoms with Crippen molar-refractivity contribution >= 4 is 11.8 Å². The van der Waals surface area contributed by atoms with Crippen molar-refractivity contribution in [2.45, 2.75) is 68.7 Å². The summed E-state index contributed by atoms with van der Waals surface area (Å²) >= 11 is 1.79. The Balaban J connectivity index is 1.63. The second kappa shape index (κ2) is 9.85. The standard InChI is InChI=1S/C22H31N3O3S/c1-26-19-12-11-16(14-20(19)27-2)21-23-24-22(25(21)17-8-4-3-5-9-17)29-15-18-10-6-7-13-28-18/h11-12,14,17-18H,3-10,13,15H2,1-2H3/t18-/m1/s1.